The molecule has 0 spiro atoms. The van der Waals surface area contributed by atoms with Gasteiger partial charge in [-0.1, -0.05) is 0 Å². The van der Waals surface area contributed by atoms with Crippen LogP contribution >= 0.6 is 0 Å². The topological polar surface area (TPSA) is 17.1 Å². The molecule has 2 atom stereocenters. The molecule has 1 aromatic carbocycles. The molecule has 0 unspecified atom stereocenters. The Kier molecular flexibility index (Phi) is 2.91. The van der Waals surface area contributed by atoms with Crippen LogP contribution in [0.5, 0.6) is 0 Å². The van der Waals surface area contributed by atoms with Crippen molar-refractivity contribution in [1.82, 2.24) is 0 Å². The second-order valence-corrected chi connectivity index (χ2v) is 8.57. The van der Waals surface area contributed by atoms with Crippen molar-refractivity contribution in [1.29, 1.82) is 0 Å². The molecule has 18 heavy (non-hydrogen) atoms. The summed E-state index contributed by atoms with van der Waals surface area (Å²) in [6, 6.07) is 10.7. The van der Waals surface area contributed by atoms with Crippen molar-refractivity contribution in [2.75, 3.05) is 0 Å². The molecule has 2 fully saturated rings. The van der Waals surface area contributed by atoms with E-state index in [9.17, 15) is 4.79 Å². The molecule has 0 amide bonds. The Morgan fingerprint density at radius 1 is 1.28 bits per heavy atom. The second-order valence-electron chi connectivity index (χ2n) is 6.37. The maximum atomic E-state index is 12.6. The minimum atomic E-state index is -0.0506. The summed E-state index contributed by atoms with van der Waals surface area (Å²) in [5.41, 5.74) is -0.00493. The molecule has 0 N–H and O–H groups in total. The fraction of sp³-hybridized carbons (Fsp3) is 0.562. The van der Waals surface area contributed by atoms with Crippen LogP contribution in [0.15, 0.2) is 30.3 Å². The summed E-state index contributed by atoms with van der Waals surface area (Å²) in [7, 11) is 0. The summed E-state index contributed by atoms with van der Waals surface area (Å²) < 4.78 is 1.43. The number of hydrogen-bond donors (Lipinski definition) is 0. The van der Waals surface area contributed by atoms with E-state index in [1.807, 2.05) is 0 Å². The van der Waals surface area contributed by atoms with E-state index < -0.39 is 0 Å². The van der Waals surface area contributed by atoms with Gasteiger partial charge in [0, 0.05) is 0 Å². The fourth-order valence-electron chi connectivity index (χ4n) is 3.75. The van der Waals surface area contributed by atoms with E-state index in [0.717, 1.165) is 18.2 Å². The summed E-state index contributed by atoms with van der Waals surface area (Å²) in [6.45, 7) is 4.33. The number of benzene rings is 1. The molecule has 2 bridgehead atoms. The average molecular weight is 307 g/mol. The third-order valence-electron chi connectivity index (χ3n) is 4.95. The molecular weight excluding hydrogens is 287 g/mol. The zero-order chi connectivity index (χ0) is 12.8. The first-order valence-corrected chi connectivity index (χ1v) is 8.84. The standard InChI is InChI=1S/C16H20OSe/c1-15(2)12-8-9-16(10-12,14(15)17)11-18-13-6-4-3-5-7-13/h3-7,12H,8-11H2,1-2H3/t12-,16+/m0/s1. The molecular formula is C16H20OSe. The third kappa shape index (κ3) is 1.78. The molecule has 1 aromatic rings. The van der Waals surface area contributed by atoms with Gasteiger partial charge < -0.3 is 0 Å². The molecule has 0 aromatic heterocycles. The number of carbonyl (C=O) groups excluding carboxylic acids is 1. The Morgan fingerprint density at radius 2 is 2.00 bits per heavy atom. The van der Waals surface area contributed by atoms with Gasteiger partial charge in [0.15, 0.2) is 0 Å². The molecule has 0 aliphatic heterocycles. The van der Waals surface area contributed by atoms with Gasteiger partial charge in [0.25, 0.3) is 0 Å². The van der Waals surface area contributed by atoms with Crippen LogP contribution in [0, 0.1) is 16.7 Å². The number of ketones is 1. The van der Waals surface area contributed by atoms with Gasteiger partial charge >= 0.3 is 116 Å². The summed E-state index contributed by atoms with van der Waals surface area (Å²) in [6.07, 6.45) is 3.57. The van der Waals surface area contributed by atoms with Crippen molar-refractivity contribution in [3.8, 4) is 0 Å². The Labute approximate surface area is 116 Å². The molecule has 2 aliphatic carbocycles. The Hall–Kier alpha value is -0.591. The number of carbonyl (C=O) groups is 1. The Morgan fingerprint density at radius 3 is 2.61 bits per heavy atom. The first-order valence-electron chi connectivity index (χ1n) is 6.77. The molecule has 3 rings (SSSR count). The van der Waals surface area contributed by atoms with E-state index in [-0.39, 0.29) is 10.8 Å². The molecule has 2 saturated carbocycles. The van der Waals surface area contributed by atoms with E-state index in [4.69, 9.17) is 0 Å². The van der Waals surface area contributed by atoms with Crippen molar-refractivity contribution < 1.29 is 4.79 Å². The van der Waals surface area contributed by atoms with Crippen LogP contribution in [0.4, 0.5) is 0 Å². The van der Waals surface area contributed by atoms with Gasteiger partial charge in [-0.05, 0) is 0 Å². The summed E-state index contributed by atoms with van der Waals surface area (Å²) in [5.74, 6) is 1.21. The van der Waals surface area contributed by atoms with E-state index >= 15 is 0 Å². The Balaban J connectivity index is 1.75. The number of hydrogen-bond acceptors (Lipinski definition) is 1. The number of Topliss-reactive ketones (excluding diaryl/α,β-unsaturated/α-hetero) is 1. The minimum absolute atomic E-state index is 0.0456. The maximum absolute atomic E-state index is 12.6. The normalized spacial score (nSPS) is 33.0. The fourth-order valence-corrected chi connectivity index (χ4v) is 6.24. The van der Waals surface area contributed by atoms with Gasteiger partial charge in [0.2, 0.25) is 0 Å². The van der Waals surface area contributed by atoms with Crippen LogP contribution in [0.3, 0.4) is 0 Å². The monoisotopic (exact) mass is 308 g/mol. The van der Waals surface area contributed by atoms with Crippen LogP contribution in [0.25, 0.3) is 0 Å². The van der Waals surface area contributed by atoms with Gasteiger partial charge in [0.05, 0.1) is 0 Å². The van der Waals surface area contributed by atoms with E-state index in [1.54, 1.807) is 0 Å². The van der Waals surface area contributed by atoms with Gasteiger partial charge in [-0.15, -0.1) is 0 Å². The van der Waals surface area contributed by atoms with Crippen molar-refractivity contribution >= 4 is 25.2 Å². The number of fused-ring (bicyclic) bond motifs is 2. The molecule has 1 nitrogen and oxygen atoms in total. The average Bonchev–Trinajstić information content (AvgIpc) is 2.89. The number of rotatable bonds is 3. The Bertz CT molecular complexity index is 465. The van der Waals surface area contributed by atoms with Crippen molar-refractivity contribution in [2.45, 2.75) is 38.4 Å². The van der Waals surface area contributed by atoms with Crippen LogP contribution in [-0.2, 0) is 4.79 Å². The van der Waals surface area contributed by atoms with Crippen LogP contribution in [0.2, 0.25) is 5.32 Å². The van der Waals surface area contributed by atoms with Crippen molar-refractivity contribution in [3.05, 3.63) is 30.3 Å². The predicted octanol–water partition coefficient (Wildman–Crippen LogP) is 2.83. The van der Waals surface area contributed by atoms with Gasteiger partial charge in [-0.25, -0.2) is 0 Å². The molecule has 0 saturated heterocycles. The first kappa shape index (κ1) is 12.4. The predicted molar refractivity (Wildman–Crippen MR) is 75.2 cm³/mol. The molecule has 2 heteroatoms. The van der Waals surface area contributed by atoms with E-state index in [0.29, 0.717) is 26.7 Å². The van der Waals surface area contributed by atoms with E-state index in [1.165, 1.54) is 10.9 Å². The third-order valence-corrected chi connectivity index (χ3v) is 7.69. The zero-order valence-electron chi connectivity index (χ0n) is 11.1. The summed E-state index contributed by atoms with van der Waals surface area (Å²) in [5, 5.41) is 1.11. The summed E-state index contributed by atoms with van der Waals surface area (Å²) in [4.78, 5) is 12.6. The van der Waals surface area contributed by atoms with Crippen LogP contribution in [0.1, 0.15) is 33.1 Å². The molecule has 2 aliphatic rings. The second kappa shape index (κ2) is 4.21. The molecule has 0 heterocycles. The van der Waals surface area contributed by atoms with Crippen LogP contribution < -0.4 is 4.46 Å². The van der Waals surface area contributed by atoms with Gasteiger partial charge in [-0.2, -0.15) is 0 Å². The zero-order valence-corrected chi connectivity index (χ0v) is 12.8. The quantitative estimate of drug-likeness (QED) is 0.785. The van der Waals surface area contributed by atoms with Gasteiger partial charge in [0.1, 0.15) is 0 Å². The first-order chi connectivity index (χ1) is 8.55. The summed E-state index contributed by atoms with van der Waals surface area (Å²) >= 11 is 0.451. The molecule has 96 valence electrons. The van der Waals surface area contributed by atoms with Crippen LogP contribution in [-0.4, -0.2) is 20.7 Å². The van der Waals surface area contributed by atoms with Crippen molar-refractivity contribution in [3.63, 3.8) is 0 Å². The van der Waals surface area contributed by atoms with Crippen molar-refractivity contribution in [2.24, 2.45) is 16.7 Å². The SMILES string of the molecule is CC1(C)C(=O)[C@]2(C[Se]c3ccccc3)CC[C@H]1C2. The van der Waals surface area contributed by atoms with Gasteiger partial charge in [-0.3, -0.25) is 0 Å². The van der Waals surface area contributed by atoms with E-state index in [2.05, 4.69) is 44.2 Å². The molecule has 0 radical (unpaired) electrons.